The summed E-state index contributed by atoms with van der Waals surface area (Å²) >= 11 is 0. The average molecular weight is 289 g/mol. The number of rotatable bonds is 7. The second kappa shape index (κ2) is 7.01. The summed E-state index contributed by atoms with van der Waals surface area (Å²) < 4.78 is 1.81. The van der Waals surface area contributed by atoms with Crippen molar-refractivity contribution in [1.82, 2.24) is 24.5 Å². The molecule has 0 spiro atoms. The molecule has 0 aliphatic heterocycles. The molecule has 0 aliphatic carbocycles. The molecule has 0 saturated heterocycles. The van der Waals surface area contributed by atoms with Gasteiger partial charge in [0.05, 0.1) is 0 Å². The van der Waals surface area contributed by atoms with Gasteiger partial charge in [-0.25, -0.2) is 4.98 Å². The van der Waals surface area contributed by atoms with Crippen LogP contribution in [0.1, 0.15) is 27.7 Å². The van der Waals surface area contributed by atoms with Gasteiger partial charge in [-0.3, -0.25) is 4.57 Å². The highest BCUT2D eigenvalue weighted by molar-refractivity contribution is 5.41. The number of imidazole rings is 1. The third kappa shape index (κ3) is 3.29. The van der Waals surface area contributed by atoms with E-state index in [2.05, 4.69) is 57.4 Å². The summed E-state index contributed by atoms with van der Waals surface area (Å²) in [6.07, 6.45) is 5.26. The van der Waals surface area contributed by atoms with Gasteiger partial charge in [0, 0.05) is 38.6 Å². The second-order valence-electron chi connectivity index (χ2n) is 4.55. The monoisotopic (exact) mass is 289 g/mol. The number of aromatic nitrogens is 5. The van der Waals surface area contributed by atoms with Crippen LogP contribution < -0.4 is 9.80 Å². The molecule has 2 heterocycles. The molecule has 0 amide bonds. The van der Waals surface area contributed by atoms with E-state index in [-0.39, 0.29) is 0 Å². The Kier molecular flexibility index (Phi) is 5.08. The second-order valence-corrected chi connectivity index (χ2v) is 4.55. The molecule has 114 valence electrons. The molecular weight excluding hydrogens is 266 g/mol. The third-order valence-electron chi connectivity index (χ3n) is 3.43. The minimum atomic E-state index is 0.603. The van der Waals surface area contributed by atoms with Gasteiger partial charge in [-0.1, -0.05) is 0 Å². The van der Waals surface area contributed by atoms with E-state index in [1.807, 2.05) is 10.8 Å². The van der Waals surface area contributed by atoms with Crippen molar-refractivity contribution in [2.24, 2.45) is 0 Å². The Morgan fingerprint density at radius 2 is 1.38 bits per heavy atom. The summed E-state index contributed by atoms with van der Waals surface area (Å²) in [5, 5.41) is 0. The van der Waals surface area contributed by atoms with E-state index in [9.17, 15) is 0 Å². The molecule has 0 N–H and O–H groups in total. The van der Waals surface area contributed by atoms with Crippen molar-refractivity contribution in [3.8, 4) is 5.95 Å². The number of nitrogens with zero attached hydrogens (tertiary/aromatic N) is 7. The molecule has 0 atom stereocenters. The maximum Gasteiger partial charge on any atom is 0.241 e. The summed E-state index contributed by atoms with van der Waals surface area (Å²) in [4.78, 5) is 22.1. The van der Waals surface area contributed by atoms with Crippen molar-refractivity contribution in [1.29, 1.82) is 0 Å². The van der Waals surface area contributed by atoms with Gasteiger partial charge in [0.15, 0.2) is 0 Å². The highest BCUT2D eigenvalue weighted by atomic mass is 15.4. The SMILES string of the molecule is CCN(CC)c1nc(N(CC)CC)nc(-n2ccnc2)n1. The largest absolute Gasteiger partial charge is 0.341 e. The molecule has 0 bridgehead atoms. The van der Waals surface area contributed by atoms with Gasteiger partial charge < -0.3 is 9.80 Å². The molecule has 2 rings (SSSR count). The third-order valence-corrected chi connectivity index (χ3v) is 3.43. The van der Waals surface area contributed by atoms with Crippen molar-refractivity contribution in [3.63, 3.8) is 0 Å². The summed E-state index contributed by atoms with van der Waals surface area (Å²) in [6, 6.07) is 0. The van der Waals surface area contributed by atoms with E-state index in [0.717, 1.165) is 26.2 Å². The zero-order chi connectivity index (χ0) is 15.2. The van der Waals surface area contributed by atoms with E-state index in [1.54, 1.807) is 12.5 Å². The summed E-state index contributed by atoms with van der Waals surface area (Å²) in [5.41, 5.74) is 0. The van der Waals surface area contributed by atoms with Crippen molar-refractivity contribution in [3.05, 3.63) is 18.7 Å². The predicted molar refractivity (Wildman–Crippen MR) is 84.1 cm³/mol. The van der Waals surface area contributed by atoms with E-state index in [4.69, 9.17) is 0 Å². The fraction of sp³-hybridized carbons (Fsp3) is 0.571. The first-order valence-electron chi connectivity index (χ1n) is 7.47. The zero-order valence-corrected chi connectivity index (χ0v) is 13.2. The molecular formula is C14H23N7. The van der Waals surface area contributed by atoms with Crippen LogP contribution >= 0.6 is 0 Å². The van der Waals surface area contributed by atoms with Crippen LogP contribution in [0.5, 0.6) is 0 Å². The van der Waals surface area contributed by atoms with Gasteiger partial charge in [0.1, 0.15) is 6.33 Å². The first kappa shape index (κ1) is 15.2. The first-order valence-corrected chi connectivity index (χ1v) is 7.47. The molecule has 0 aromatic carbocycles. The summed E-state index contributed by atoms with van der Waals surface area (Å²) in [7, 11) is 0. The lowest BCUT2D eigenvalue weighted by molar-refractivity contribution is 0.759. The first-order chi connectivity index (χ1) is 10.2. The van der Waals surface area contributed by atoms with Crippen molar-refractivity contribution in [2.75, 3.05) is 36.0 Å². The molecule has 2 aromatic heterocycles. The van der Waals surface area contributed by atoms with E-state index in [0.29, 0.717) is 17.8 Å². The molecule has 0 saturated carbocycles. The molecule has 0 aliphatic rings. The van der Waals surface area contributed by atoms with Gasteiger partial charge in [-0.05, 0) is 27.7 Å². The Hall–Kier alpha value is -2.18. The highest BCUT2D eigenvalue weighted by Gasteiger charge is 2.15. The highest BCUT2D eigenvalue weighted by Crippen LogP contribution is 2.16. The Balaban J connectivity index is 2.50. The van der Waals surface area contributed by atoms with E-state index < -0.39 is 0 Å². The van der Waals surface area contributed by atoms with Gasteiger partial charge in [0.2, 0.25) is 17.8 Å². The lowest BCUT2D eigenvalue weighted by atomic mass is 10.5. The summed E-state index contributed by atoms with van der Waals surface area (Å²) in [5.74, 6) is 2.02. The molecule has 7 nitrogen and oxygen atoms in total. The number of hydrogen-bond donors (Lipinski definition) is 0. The smallest absolute Gasteiger partial charge is 0.241 e. The minimum Gasteiger partial charge on any atom is -0.341 e. The Bertz CT molecular complexity index is 514. The Labute approximate surface area is 125 Å². The summed E-state index contributed by atoms with van der Waals surface area (Å²) in [6.45, 7) is 11.8. The Morgan fingerprint density at radius 1 is 0.857 bits per heavy atom. The van der Waals surface area contributed by atoms with Gasteiger partial charge >= 0.3 is 0 Å². The van der Waals surface area contributed by atoms with Crippen LogP contribution in [0.3, 0.4) is 0 Å². The molecule has 7 heteroatoms. The van der Waals surface area contributed by atoms with E-state index >= 15 is 0 Å². The van der Waals surface area contributed by atoms with Crippen molar-refractivity contribution in [2.45, 2.75) is 27.7 Å². The van der Waals surface area contributed by atoms with Crippen molar-refractivity contribution >= 4 is 11.9 Å². The molecule has 0 fully saturated rings. The van der Waals surface area contributed by atoms with Crippen molar-refractivity contribution < 1.29 is 0 Å². The normalized spacial score (nSPS) is 10.7. The zero-order valence-electron chi connectivity index (χ0n) is 13.2. The maximum absolute atomic E-state index is 4.62. The van der Waals surface area contributed by atoms with Gasteiger partial charge in [-0.2, -0.15) is 15.0 Å². The van der Waals surface area contributed by atoms with Crippen LogP contribution in [0.2, 0.25) is 0 Å². The van der Waals surface area contributed by atoms with Crippen LogP contribution in [0.15, 0.2) is 18.7 Å². The van der Waals surface area contributed by atoms with Crippen LogP contribution in [-0.2, 0) is 0 Å². The molecule has 21 heavy (non-hydrogen) atoms. The lowest BCUT2D eigenvalue weighted by Crippen LogP contribution is -2.29. The topological polar surface area (TPSA) is 63.0 Å². The predicted octanol–water partition coefficient (Wildman–Crippen LogP) is 1.75. The van der Waals surface area contributed by atoms with Crippen LogP contribution in [-0.4, -0.2) is 50.7 Å². The fourth-order valence-electron chi connectivity index (χ4n) is 2.13. The molecule has 0 unspecified atom stereocenters. The fourth-order valence-corrected chi connectivity index (χ4v) is 2.13. The quantitative estimate of drug-likeness (QED) is 0.774. The number of hydrogen-bond acceptors (Lipinski definition) is 6. The lowest BCUT2D eigenvalue weighted by Gasteiger charge is -2.23. The molecule has 0 radical (unpaired) electrons. The van der Waals surface area contributed by atoms with Crippen LogP contribution in [0.4, 0.5) is 11.9 Å². The Morgan fingerprint density at radius 3 is 1.76 bits per heavy atom. The standard InChI is InChI=1S/C14H23N7/c1-5-19(6-2)12-16-13(20(7-3)8-4)18-14(17-12)21-10-9-15-11-21/h9-11H,5-8H2,1-4H3. The maximum atomic E-state index is 4.62. The van der Waals surface area contributed by atoms with Crippen LogP contribution in [0, 0.1) is 0 Å². The number of anilines is 2. The minimum absolute atomic E-state index is 0.603. The molecule has 2 aromatic rings. The van der Waals surface area contributed by atoms with E-state index in [1.165, 1.54) is 0 Å². The van der Waals surface area contributed by atoms with Gasteiger partial charge in [0.25, 0.3) is 0 Å². The van der Waals surface area contributed by atoms with Gasteiger partial charge in [-0.15, -0.1) is 0 Å². The average Bonchev–Trinajstić information content (AvgIpc) is 3.04. The van der Waals surface area contributed by atoms with Crippen LogP contribution in [0.25, 0.3) is 5.95 Å².